The smallest absolute Gasteiger partial charge is 0.306 e. The number of nitrogens with one attached hydrogen (secondary N) is 1. The van der Waals surface area contributed by atoms with Crippen LogP contribution in [-0.4, -0.2) is 29.3 Å². The van der Waals surface area contributed by atoms with Gasteiger partial charge in [-0.1, -0.05) is 40.3 Å². The molecule has 0 aliphatic carbocycles. The van der Waals surface area contributed by atoms with Crippen molar-refractivity contribution in [2.45, 2.75) is 25.6 Å². The molecule has 3 rings (SSSR count). The number of anilines is 1. The maximum atomic E-state index is 11.3. The fourth-order valence-corrected chi connectivity index (χ4v) is 3.68. The summed E-state index contributed by atoms with van der Waals surface area (Å²) in [5.41, 5.74) is 3.53. The molecule has 0 radical (unpaired) electrons. The SMILES string of the molecule is COc1cccc([C@@H]2O[C@@H](CC(=O)O)C(=S)Nc3ccc(Br)cc32)c1C. The van der Waals surface area contributed by atoms with Crippen LogP contribution in [0.1, 0.15) is 29.2 Å². The van der Waals surface area contributed by atoms with Gasteiger partial charge in [-0.25, -0.2) is 0 Å². The lowest BCUT2D eigenvalue weighted by atomic mass is 9.95. The first-order valence-electron chi connectivity index (χ1n) is 8.01. The lowest BCUT2D eigenvalue weighted by molar-refractivity contribution is -0.139. The summed E-state index contributed by atoms with van der Waals surface area (Å²) >= 11 is 8.89. The van der Waals surface area contributed by atoms with Gasteiger partial charge in [0.15, 0.2) is 0 Å². The van der Waals surface area contributed by atoms with Crippen molar-refractivity contribution in [1.29, 1.82) is 0 Å². The second kappa shape index (κ2) is 7.73. The van der Waals surface area contributed by atoms with Crippen LogP contribution in [-0.2, 0) is 9.53 Å². The van der Waals surface area contributed by atoms with E-state index in [1.807, 2.05) is 43.3 Å². The van der Waals surface area contributed by atoms with Crippen LogP contribution in [0.3, 0.4) is 0 Å². The van der Waals surface area contributed by atoms with Gasteiger partial charge in [0, 0.05) is 15.7 Å². The fraction of sp³-hybridized carbons (Fsp3) is 0.263. The second-order valence-electron chi connectivity index (χ2n) is 6.00. The van der Waals surface area contributed by atoms with Crippen LogP contribution in [0.5, 0.6) is 5.75 Å². The topological polar surface area (TPSA) is 67.8 Å². The number of thiocarbonyl (C=S) groups is 1. The number of carboxylic acid groups (broad SMARTS) is 1. The van der Waals surface area contributed by atoms with Crippen LogP contribution in [0.4, 0.5) is 5.69 Å². The van der Waals surface area contributed by atoms with E-state index < -0.39 is 18.2 Å². The Morgan fingerprint density at radius 3 is 2.81 bits per heavy atom. The van der Waals surface area contributed by atoms with E-state index >= 15 is 0 Å². The molecule has 0 saturated carbocycles. The molecule has 0 saturated heterocycles. The third-order valence-electron chi connectivity index (χ3n) is 4.34. The predicted molar refractivity (Wildman–Crippen MR) is 107 cm³/mol. The Morgan fingerprint density at radius 2 is 2.12 bits per heavy atom. The minimum absolute atomic E-state index is 0.208. The van der Waals surface area contributed by atoms with E-state index in [1.165, 1.54) is 0 Å². The van der Waals surface area contributed by atoms with E-state index in [0.717, 1.165) is 32.6 Å². The average molecular weight is 436 g/mol. The molecule has 2 aromatic carbocycles. The van der Waals surface area contributed by atoms with E-state index in [2.05, 4.69) is 21.2 Å². The summed E-state index contributed by atoms with van der Waals surface area (Å²) in [4.78, 5) is 11.6. The van der Waals surface area contributed by atoms with Crippen LogP contribution in [0, 0.1) is 6.92 Å². The molecule has 0 bridgehead atoms. The molecule has 0 unspecified atom stereocenters. The first-order valence-corrected chi connectivity index (χ1v) is 9.22. The number of halogens is 1. The molecule has 2 N–H and O–H groups in total. The molecule has 2 aromatic rings. The normalized spacial score (nSPS) is 19.3. The van der Waals surface area contributed by atoms with Gasteiger partial charge in [-0.2, -0.15) is 0 Å². The fourth-order valence-electron chi connectivity index (χ4n) is 3.05. The van der Waals surface area contributed by atoms with Gasteiger partial charge < -0.3 is 19.9 Å². The molecular weight excluding hydrogens is 418 g/mol. The zero-order valence-electron chi connectivity index (χ0n) is 14.3. The van der Waals surface area contributed by atoms with E-state index in [9.17, 15) is 9.90 Å². The highest BCUT2D eigenvalue weighted by Crippen LogP contribution is 2.40. The third kappa shape index (κ3) is 3.75. The van der Waals surface area contributed by atoms with Crippen molar-refractivity contribution < 1.29 is 19.4 Å². The number of fused-ring (bicyclic) bond motifs is 1. The monoisotopic (exact) mass is 435 g/mol. The van der Waals surface area contributed by atoms with Gasteiger partial charge in [-0.15, -0.1) is 0 Å². The molecule has 1 heterocycles. The van der Waals surface area contributed by atoms with Crippen molar-refractivity contribution in [1.82, 2.24) is 0 Å². The summed E-state index contributed by atoms with van der Waals surface area (Å²) in [6.07, 6.45) is -1.42. The number of carboxylic acids is 1. The van der Waals surface area contributed by atoms with Crippen LogP contribution >= 0.6 is 28.1 Å². The Morgan fingerprint density at radius 1 is 1.35 bits per heavy atom. The van der Waals surface area contributed by atoms with Gasteiger partial charge in [-0.05, 0) is 42.3 Å². The number of hydrogen-bond acceptors (Lipinski definition) is 4. The molecule has 0 spiro atoms. The van der Waals surface area contributed by atoms with E-state index in [1.54, 1.807) is 7.11 Å². The zero-order chi connectivity index (χ0) is 18.8. The molecule has 0 amide bonds. The summed E-state index contributed by atoms with van der Waals surface area (Å²) in [5, 5.41) is 12.4. The minimum Gasteiger partial charge on any atom is -0.496 e. The number of aliphatic carboxylic acids is 1. The molecule has 0 fully saturated rings. The maximum Gasteiger partial charge on any atom is 0.306 e. The molecule has 1 aliphatic rings. The summed E-state index contributed by atoms with van der Waals surface area (Å²) in [7, 11) is 1.62. The van der Waals surface area contributed by atoms with Crippen LogP contribution in [0.15, 0.2) is 40.9 Å². The number of carbonyl (C=O) groups is 1. The van der Waals surface area contributed by atoms with E-state index in [0.29, 0.717) is 4.99 Å². The van der Waals surface area contributed by atoms with Crippen molar-refractivity contribution >= 4 is 44.8 Å². The molecule has 0 aromatic heterocycles. The van der Waals surface area contributed by atoms with Gasteiger partial charge in [0.2, 0.25) is 0 Å². The number of benzene rings is 2. The Balaban J connectivity index is 2.15. The zero-order valence-corrected chi connectivity index (χ0v) is 16.7. The largest absolute Gasteiger partial charge is 0.496 e. The summed E-state index contributed by atoms with van der Waals surface area (Å²) < 4.78 is 12.6. The van der Waals surface area contributed by atoms with Gasteiger partial charge >= 0.3 is 5.97 Å². The third-order valence-corrected chi connectivity index (χ3v) is 5.19. The quantitative estimate of drug-likeness (QED) is 0.690. The average Bonchev–Trinajstić information content (AvgIpc) is 2.72. The van der Waals surface area contributed by atoms with E-state index in [-0.39, 0.29) is 6.42 Å². The summed E-state index contributed by atoms with van der Waals surface area (Å²) in [5.74, 6) is -0.218. The van der Waals surface area contributed by atoms with Crippen molar-refractivity contribution in [2.24, 2.45) is 0 Å². The molecule has 7 heteroatoms. The predicted octanol–water partition coefficient (Wildman–Crippen LogP) is 4.47. The summed E-state index contributed by atoms with van der Waals surface area (Å²) in [6, 6.07) is 11.5. The van der Waals surface area contributed by atoms with Gasteiger partial charge in [0.05, 0.1) is 13.5 Å². The number of methoxy groups -OCH3 is 1. The van der Waals surface area contributed by atoms with Crippen LogP contribution in [0.25, 0.3) is 0 Å². The minimum atomic E-state index is -0.965. The molecule has 2 atom stereocenters. The van der Waals surface area contributed by atoms with Crippen molar-refractivity contribution in [2.75, 3.05) is 12.4 Å². The van der Waals surface area contributed by atoms with Gasteiger partial charge in [-0.3, -0.25) is 4.79 Å². The van der Waals surface area contributed by atoms with Crippen molar-refractivity contribution in [3.05, 3.63) is 57.6 Å². The molecule has 5 nitrogen and oxygen atoms in total. The molecule has 26 heavy (non-hydrogen) atoms. The Kier molecular flexibility index (Phi) is 5.60. The lowest BCUT2D eigenvalue weighted by Gasteiger charge is -2.24. The number of rotatable bonds is 4. The van der Waals surface area contributed by atoms with Crippen molar-refractivity contribution in [3.8, 4) is 5.75 Å². The molecular formula is C19H18BrNO4S. The van der Waals surface area contributed by atoms with Crippen LogP contribution in [0.2, 0.25) is 0 Å². The standard InChI is InChI=1S/C19H18BrNO4S/c1-10-12(4-3-5-15(10)24-2)18-13-8-11(20)6-7-14(13)21-19(26)16(25-18)9-17(22)23/h3-8,16,18H,9H2,1-2H3,(H,21,26)(H,22,23)/t16-,18-/m0/s1. The van der Waals surface area contributed by atoms with Crippen molar-refractivity contribution in [3.63, 3.8) is 0 Å². The first-order chi connectivity index (χ1) is 12.4. The maximum absolute atomic E-state index is 11.3. The number of hydrogen-bond donors (Lipinski definition) is 2. The Hall–Kier alpha value is -1.96. The van der Waals surface area contributed by atoms with E-state index in [4.69, 9.17) is 21.7 Å². The highest BCUT2D eigenvalue weighted by atomic mass is 79.9. The highest BCUT2D eigenvalue weighted by Gasteiger charge is 2.32. The Bertz CT molecular complexity index is 871. The highest BCUT2D eigenvalue weighted by molar-refractivity contribution is 9.10. The molecule has 1 aliphatic heterocycles. The first kappa shape index (κ1) is 18.8. The number of ether oxygens (including phenoxy) is 2. The van der Waals surface area contributed by atoms with Crippen LogP contribution < -0.4 is 10.1 Å². The molecule has 136 valence electrons. The van der Waals surface area contributed by atoms with Gasteiger partial charge in [0.1, 0.15) is 22.9 Å². The lowest BCUT2D eigenvalue weighted by Crippen LogP contribution is -2.30. The second-order valence-corrected chi connectivity index (χ2v) is 7.35. The summed E-state index contributed by atoms with van der Waals surface area (Å²) in [6.45, 7) is 1.96. The van der Waals surface area contributed by atoms with Gasteiger partial charge in [0.25, 0.3) is 0 Å². The Labute approximate surface area is 165 Å².